The summed E-state index contributed by atoms with van der Waals surface area (Å²) in [5.74, 6) is 0.680. The number of aromatic nitrogens is 1. The summed E-state index contributed by atoms with van der Waals surface area (Å²) < 4.78 is 43.3. The molecular weight excluding hydrogens is 427 g/mol. The topological polar surface area (TPSA) is 54.5 Å². The van der Waals surface area contributed by atoms with E-state index in [1.54, 1.807) is 6.07 Å². The van der Waals surface area contributed by atoms with Gasteiger partial charge in [-0.15, -0.1) is 0 Å². The number of pyridine rings is 1. The van der Waals surface area contributed by atoms with Crippen LogP contribution in [0.3, 0.4) is 0 Å². The average Bonchev–Trinajstić information content (AvgIpc) is 3.10. The Morgan fingerprint density at radius 2 is 2.11 bits per heavy atom. The maximum absolute atomic E-state index is 12.6. The van der Waals surface area contributed by atoms with Crippen molar-refractivity contribution in [2.45, 2.75) is 18.6 Å². The van der Waals surface area contributed by atoms with E-state index in [0.29, 0.717) is 12.3 Å². The number of alkyl halides is 4. The van der Waals surface area contributed by atoms with Crippen molar-refractivity contribution in [3.8, 4) is 11.5 Å². The predicted octanol–water partition coefficient (Wildman–Crippen LogP) is 3.98. The van der Waals surface area contributed by atoms with E-state index in [1.165, 1.54) is 6.07 Å². The fourth-order valence-corrected chi connectivity index (χ4v) is 3.03. The lowest BCUT2D eigenvalue weighted by molar-refractivity contribution is -0.141. The van der Waals surface area contributed by atoms with Gasteiger partial charge >= 0.3 is 6.18 Å². The highest BCUT2D eigenvalue weighted by molar-refractivity contribution is 9.09. The lowest BCUT2D eigenvalue weighted by Gasteiger charge is -2.20. The maximum Gasteiger partial charge on any atom is 0.433 e. The maximum atomic E-state index is 12.6. The van der Waals surface area contributed by atoms with Gasteiger partial charge in [0.05, 0.1) is 11.5 Å². The first kappa shape index (κ1) is 19.5. The molecule has 1 fully saturated rings. The molecule has 0 radical (unpaired) electrons. The Balaban J connectivity index is 1.65. The minimum atomic E-state index is -4.48. The standard InChI is InChI=1S/C18H17BrF3N3O2/c19-9-17(26)24-12-6-7-25(11-12)13-2-1-3-14(8-13)27-15-4-5-16(23-10-15)18(20,21)22/h1-5,8,10,12H,6-7,9,11H2,(H,24,26)/t12-/m0/s1. The largest absolute Gasteiger partial charge is 0.456 e. The molecule has 1 aliphatic heterocycles. The van der Waals surface area contributed by atoms with Crippen LogP contribution in [-0.2, 0) is 11.0 Å². The molecule has 0 aliphatic carbocycles. The van der Waals surface area contributed by atoms with Gasteiger partial charge in [-0.2, -0.15) is 13.2 Å². The number of nitrogens with one attached hydrogen (secondary N) is 1. The van der Waals surface area contributed by atoms with Gasteiger partial charge in [-0.1, -0.05) is 22.0 Å². The van der Waals surface area contributed by atoms with Crippen molar-refractivity contribution in [2.75, 3.05) is 23.3 Å². The van der Waals surface area contributed by atoms with Gasteiger partial charge in [0.15, 0.2) is 0 Å². The zero-order valence-electron chi connectivity index (χ0n) is 14.2. The number of halogens is 4. The molecule has 1 aromatic heterocycles. The Labute approximate surface area is 162 Å². The minimum Gasteiger partial charge on any atom is -0.456 e. The number of carbonyl (C=O) groups is 1. The second-order valence-corrected chi connectivity index (χ2v) is 6.67. The van der Waals surface area contributed by atoms with E-state index in [2.05, 4.69) is 31.1 Å². The van der Waals surface area contributed by atoms with Crippen molar-refractivity contribution in [1.29, 1.82) is 0 Å². The number of benzene rings is 1. The van der Waals surface area contributed by atoms with Crippen molar-refractivity contribution in [1.82, 2.24) is 10.3 Å². The molecule has 144 valence electrons. The van der Waals surface area contributed by atoms with Gasteiger partial charge < -0.3 is 15.0 Å². The summed E-state index contributed by atoms with van der Waals surface area (Å²) >= 11 is 3.13. The second-order valence-electron chi connectivity index (χ2n) is 6.11. The lowest BCUT2D eigenvalue weighted by Crippen LogP contribution is -2.37. The first-order chi connectivity index (χ1) is 12.8. The summed E-state index contributed by atoms with van der Waals surface area (Å²) in [4.78, 5) is 17.0. The molecule has 9 heteroatoms. The van der Waals surface area contributed by atoms with Crippen molar-refractivity contribution >= 4 is 27.5 Å². The lowest BCUT2D eigenvalue weighted by atomic mass is 10.2. The van der Waals surface area contributed by atoms with E-state index in [-0.39, 0.29) is 23.0 Å². The second kappa shape index (κ2) is 8.16. The Bertz CT molecular complexity index is 799. The minimum absolute atomic E-state index is 0.0475. The third-order valence-corrected chi connectivity index (χ3v) is 4.63. The van der Waals surface area contributed by atoms with E-state index in [1.807, 2.05) is 18.2 Å². The Morgan fingerprint density at radius 1 is 1.30 bits per heavy atom. The van der Waals surface area contributed by atoms with Gasteiger partial charge in [0.2, 0.25) is 5.91 Å². The number of hydrogen-bond acceptors (Lipinski definition) is 4. The molecule has 1 amide bonds. The van der Waals surface area contributed by atoms with E-state index in [0.717, 1.165) is 30.9 Å². The van der Waals surface area contributed by atoms with Crippen LogP contribution in [-0.4, -0.2) is 35.4 Å². The molecule has 0 saturated carbocycles. The molecule has 1 atom stereocenters. The molecule has 27 heavy (non-hydrogen) atoms. The average molecular weight is 444 g/mol. The van der Waals surface area contributed by atoms with Crippen molar-refractivity contribution in [2.24, 2.45) is 0 Å². The molecule has 3 rings (SSSR count). The van der Waals surface area contributed by atoms with Crippen LogP contribution < -0.4 is 15.0 Å². The first-order valence-corrected chi connectivity index (χ1v) is 9.39. The fourth-order valence-electron chi connectivity index (χ4n) is 2.87. The molecule has 1 aromatic carbocycles. The fraction of sp³-hybridized carbons (Fsp3) is 0.333. The van der Waals surface area contributed by atoms with E-state index < -0.39 is 11.9 Å². The van der Waals surface area contributed by atoms with Crippen LogP contribution in [0.25, 0.3) is 0 Å². The summed E-state index contributed by atoms with van der Waals surface area (Å²) in [6, 6.07) is 9.48. The summed E-state index contributed by atoms with van der Waals surface area (Å²) in [7, 11) is 0. The van der Waals surface area contributed by atoms with Crippen molar-refractivity contribution in [3.05, 3.63) is 48.3 Å². The van der Waals surface area contributed by atoms with Crippen LogP contribution in [0, 0.1) is 0 Å². The zero-order chi connectivity index (χ0) is 19.4. The molecule has 1 saturated heterocycles. The highest BCUT2D eigenvalue weighted by Gasteiger charge is 2.32. The number of anilines is 1. The third-order valence-electron chi connectivity index (χ3n) is 4.12. The van der Waals surface area contributed by atoms with E-state index >= 15 is 0 Å². The Morgan fingerprint density at radius 3 is 2.78 bits per heavy atom. The van der Waals surface area contributed by atoms with Gasteiger partial charge in [-0.3, -0.25) is 4.79 Å². The van der Waals surface area contributed by atoms with Gasteiger partial charge in [0.1, 0.15) is 17.2 Å². The highest BCUT2D eigenvalue weighted by Crippen LogP contribution is 2.31. The SMILES string of the molecule is O=C(CBr)N[C@H]1CCN(c2cccc(Oc3ccc(C(F)(F)F)nc3)c2)C1. The van der Waals surface area contributed by atoms with Gasteiger partial charge in [0.25, 0.3) is 0 Å². The van der Waals surface area contributed by atoms with Crippen molar-refractivity contribution < 1.29 is 22.7 Å². The van der Waals surface area contributed by atoms with Crippen LogP contribution in [0.1, 0.15) is 12.1 Å². The van der Waals surface area contributed by atoms with Gasteiger partial charge in [-0.25, -0.2) is 4.98 Å². The molecule has 1 N–H and O–H groups in total. The summed E-state index contributed by atoms with van der Waals surface area (Å²) in [6.45, 7) is 1.47. The summed E-state index contributed by atoms with van der Waals surface area (Å²) in [5.41, 5.74) is -0.0415. The number of amides is 1. The number of carbonyl (C=O) groups excluding carboxylic acids is 1. The third kappa shape index (κ3) is 5.12. The van der Waals surface area contributed by atoms with Crippen molar-refractivity contribution in [3.63, 3.8) is 0 Å². The molecule has 5 nitrogen and oxygen atoms in total. The number of nitrogens with zero attached hydrogens (tertiary/aromatic N) is 2. The molecule has 1 aliphatic rings. The molecular formula is C18H17BrF3N3O2. The van der Waals surface area contributed by atoms with E-state index in [4.69, 9.17) is 4.74 Å². The molecule has 2 aromatic rings. The molecule has 0 bridgehead atoms. The molecule has 2 heterocycles. The van der Waals surface area contributed by atoms with Gasteiger partial charge in [0, 0.05) is 30.9 Å². The van der Waals surface area contributed by atoms with Crippen LogP contribution in [0.2, 0.25) is 0 Å². The normalized spacial score (nSPS) is 17.0. The summed E-state index contributed by atoms with van der Waals surface area (Å²) in [6.07, 6.45) is -2.58. The molecule has 0 unspecified atom stereocenters. The van der Waals surface area contributed by atoms with Crippen LogP contribution in [0.15, 0.2) is 42.6 Å². The van der Waals surface area contributed by atoms with Crippen LogP contribution >= 0.6 is 15.9 Å². The Hall–Kier alpha value is -2.29. The molecule has 0 spiro atoms. The van der Waals surface area contributed by atoms with Gasteiger partial charge in [-0.05, 0) is 30.7 Å². The van der Waals surface area contributed by atoms with E-state index in [9.17, 15) is 18.0 Å². The number of ether oxygens (including phenoxy) is 1. The monoisotopic (exact) mass is 443 g/mol. The smallest absolute Gasteiger partial charge is 0.433 e. The number of rotatable bonds is 5. The quantitative estimate of drug-likeness (QED) is 0.710. The predicted molar refractivity (Wildman–Crippen MR) is 98.3 cm³/mol. The summed E-state index contributed by atoms with van der Waals surface area (Å²) in [5, 5.41) is 3.21. The highest BCUT2D eigenvalue weighted by atomic mass is 79.9. The van der Waals surface area contributed by atoms with Crippen LogP contribution in [0.4, 0.5) is 18.9 Å². The first-order valence-electron chi connectivity index (χ1n) is 8.26. The Kier molecular flexibility index (Phi) is 5.88. The van der Waals surface area contributed by atoms with Crippen LogP contribution in [0.5, 0.6) is 11.5 Å². The number of hydrogen-bond donors (Lipinski definition) is 1. The zero-order valence-corrected chi connectivity index (χ0v) is 15.8.